The van der Waals surface area contributed by atoms with Crippen molar-refractivity contribution in [1.82, 2.24) is 0 Å². The maximum atomic E-state index is 11.2. The molecular weight excluding hydrogens is 176 g/mol. The summed E-state index contributed by atoms with van der Waals surface area (Å²) in [5.74, 6) is -0.245. The predicted octanol–water partition coefficient (Wildman–Crippen LogP) is 2.61. The molecule has 0 saturated heterocycles. The van der Waals surface area contributed by atoms with Crippen LogP contribution < -0.4 is 0 Å². The van der Waals surface area contributed by atoms with E-state index in [0.717, 1.165) is 6.42 Å². The van der Waals surface area contributed by atoms with Gasteiger partial charge in [0.25, 0.3) is 0 Å². The van der Waals surface area contributed by atoms with Gasteiger partial charge >= 0.3 is 0 Å². The highest BCUT2D eigenvalue weighted by Crippen LogP contribution is 2.10. The van der Waals surface area contributed by atoms with Crippen LogP contribution in [0.15, 0.2) is 36.0 Å². The zero-order valence-electron chi connectivity index (χ0n) is 8.96. The lowest BCUT2D eigenvalue weighted by atomic mass is 10.0. The molecule has 2 heteroatoms. The van der Waals surface area contributed by atoms with E-state index >= 15 is 0 Å². The van der Waals surface area contributed by atoms with E-state index in [1.807, 2.05) is 13.0 Å². The summed E-state index contributed by atoms with van der Waals surface area (Å²) < 4.78 is 0. The first kappa shape index (κ1) is 12.6. The van der Waals surface area contributed by atoms with Crippen LogP contribution in [-0.4, -0.2) is 11.6 Å². The fourth-order valence-corrected chi connectivity index (χ4v) is 1.08. The third-order valence-corrected chi connectivity index (χ3v) is 1.77. The maximum Gasteiger partial charge on any atom is 0.160 e. The Morgan fingerprint density at radius 2 is 1.64 bits per heavy atom. The molecule has 0 spiro atoms. The summed E-state index contributed by atoms with van der Waals surface area (Å²) >= 11 is 0. The van der Waals surface area contributed by atoms with Crippen molar-refractivity contribution in [1.29, 1.82) is 0 Å². The number of rotatable bonds is 5. The fraction of sp³-hybridized carbons (Fsp3) is 0.333. The van der Waals surface area contributed by atoms with E-state index < -0.39 is 0 Å². The quantitative estimate of drug-likeness (QED) is 0.495. The molecule has 0 aromatic rings. The van der Waals surface area contributed by atoms with Gasteiger partial charge in [0.05, 0.1) is 0 Å². The summed E-state index contributed by atoms with van der Waals surface area (Å²) in [6.07, 6.45) is 5.79. The summed E-state index contributed by atoms with van der Waals surface area (Å²) in [7, 11) is 0. The van der Waals surface area contributed by atoms with Crippen LogP contribution in [0.4, 0.5) is 0 Å². The third-order valence-electron chi connectivity index (χ3n) is 1.77. The van der Waals surface area contributed by atoms with Crippen molar-refractivity contribution < 1.29 is 9.59 Å². The van der Waals surface area contributed by atoms with Gasteiger partial charge in [0, 0.05) is 11.1 Å². The summed E-state index contributed by atoms with van der Waals surface area (Å²) in [6, 6.07) is 0. The highest BCUT2D eigenvalue weighted by Gasteiger charge is 2.09. The van der Waals surface area contributed by atoms with Crippen molar-refractivity contribution in [2.24, 2.45) is 0 Å². The zero-order valence-corrected chi connectivity index (χ0v) is 8.96. The van der Waals surface area contributed by atoms with Crippen molar-refractivity contribution in [3.8, 4) is 0 Å². The van der Waals surface area contributed by atoms with Crippen LogP contribution in [0.5, 0.6) is 0 Å². The lowest BCUT2D eigenvalue weighted by molar-refractivity contribution is -0.115. The van der Waals surface area contributed by atoms with Gasteiger partial charge in [-0.3, -0.25) is 9.59 Å². The van der Waals surface area contributed by atoms with E-state index in [4.69, 9.17) is 0 Å². The minimum Gasteiger partial charge on any atom is -0.294 e. The molecule has 0 unspecified atom stereocenters. The second kappa shape index (κ2) is 6.08. The minimum atomic E-state index is -0.133. The Hall–Kier alpha value is -1.44. The first-order valence-corrected chi connectivity index (χ1v) is 4.59. The average Bonchev–Trinajstić information content (AvgIpc) is 2.10. The molecule has 0 aromatic heterocycles. The Labute approximate surface area is 85.0 Å². The third kappa shape index (κ3) is 3.52. The van der Waals surface area contributed by atoms with Gasteiger partial charge in [0.2, 0.25) is 0 Å². The summed E-state index contributed by atoms with van der Waals surface area (Å²) in [5.41, 5.74) is 0.830. The number of carbonyl (C=O) groups excluding carboxylic acids is 2. The molecule has 0 aliphatic heterocycles. The van der Waals surface area contributed by atoms with Crippen LogP contribution in [0.1, 0.15) is 27.2 Å². The molecule has 0 fully saturated rings. The predicted molar refractivity (Wildman–Crippen MR) is 58.0 cm³/mol. The van der Waals surface area contributed by atoms with Gasteiger partial charge in [-0.2, -0.15) is 0 Å². The van der Waals surface area contributed by atoms with Crippen LogP contribution in [0.2, 0.25) is 0 Å². The summed E-state index contributed by atoms with van der Waals surface area (Å²) in [4.78, 5) is 22.4. The molecule has 0 aliphatic rings. The Bertz CT molecular complexity index is 306. The molecule has 0 atom stereocenters. The molecule has 0 bridgehead atoms. The van der Waals surface area contributed by atoms with Gasteiger partial charge < -0.3 is 0 Å². The monoisotopic (exact) mass is 192 g/mol. The van der Waals surface area contributed by atoms with E-state index in [9.17, 15) is 9.59 Å². The summed E-state index contributed by atoms with van der Waals surface area (Å²) in [5, 5.41) is 0. The lowest BCUT2D eigenvalue weighted by Gasteiger charge is -2.01. The second-order valence-corrected chi connectivity index (χ2v) is 2.95. The highest BCUT2D eigenvalue weighted by atomic mass is 16.1. The topological polar surface area (TPSA) is 34.1 Å². The van der Waals surface area contributed by atoms with Crippen LogP contribution >= 0.6 is 0 Å². The lowest BCUT2D eigenvalue weighted by Crippen LogP contribution is -2.04. The van der Waals surface area contributed by atoms with Gasteiger partial charge in [0.15, 0.2) is 11.6 Å². The van der Waals surface area contributed by atoms with Crippen LogP contribution in [0.25, 0.3) is 0 Å². The van der Waals surface area contributed by atoms with E-state index in [1.54, 1.807) is 6.08 Å². The number of carbonyl (C=O) groups is 2. The molecule has 0 aliphatic carbocycles. The first-order chi connectivity index (χ1) is 6.54. The zero-order chi connectivity index (χ0) is 11.1. The molecule has 76 valence electrons. The standard InChI is InChI=1S/C12H16O2/c1-5-7-8-12(10(4)14)11(6-2)9(3)13/h6-8H,2,5H2,1,3-4H3/b8-7-,12-11-. The molecule has 0 amide bonds. The molecule has 0 saturated carbocycles. The van der Waals surface area contributed by atoms with Gasteiger partial charge in [-0.25, -0.2) is 0 Å². The smallest absolute Gasteiger partial charge is 0.160 e. The number of allylic oxidation sites excluding steroid dienone is 5. The van der Waals surface area contributed by atoms with Gasteiger partial charge in [-0.15, -0.1) is 0 Å². The van der Waals surface area contributed by atoms with Crippen molar-refractivity contribution in [2.75, 3.05) is 0 Å². The molecule has 0 aromatic carbocycles. The molecule has 0 N–H and O–H groups in total. The largest absolute Gasteiger partial charge is 0.294 e. The van der Waals surface area contributed by atoms with Crippen molar-refractivity contribution in [3.63, 3.8) is 0 Å². The van der Waals surface area contributed by atoms with Gasteiger partial charge in [-0.05, 0) is 20.3 Å². The van der Waals surface area contributed by atoms with Crippen molar-refractivity contribution in [2.45, 2.75) is 27.2 Å². The molecule has 0 heterocycles. The highest BCUT2D eigenvalue weighted by molar-refractivity contribution is 6.08. The molecule has 0 radical (unpaired) electrons. The number of hydrogen-bond donors (Lipinski definition) is 0. The normalized spacial score (nSPS) is 12.5. The average molecular weight is 192 g/mol. The molecule has 0 rings (SSSR count). The fourth-order valence-electron chi connectivity index (χ4n) is 1.08. The summed E-state index contributed by atoms with van der Waals surface area (Å²) in [6.45, 7) is 8.37. The Balaban J connectivity index is 5.31. The van der Waals surface area contributed by atoms with Crippen molar-refractivity contribution >= 4 is 11.6 Å². The van der Waals surface area contributed by atoms with E-state index in [2.05, 4.69) is 6.58 Å². The molecule has 2 nitrogen and oxygen atoms in total. The van der Waals surface area contributed by atoms with Crippen LogP contribution in [0.3, 0.4) is 0 Å². The van der Waals surface area contributed by atoms with Crippen LogP contribution in [0, 0.1) is 0 Å². The first-order valence-electron chi connectivity index (χ1n) is 4.59. The number of Topliss-reactive ketones (excluding diaryl/α,β-unsaturated/α-hetero) is 2. The Kier molecular flexibility index (Phi) is 5.46. The van der Waals surface area contributed by atoms with E-state index in [1.165, 1.54) is 19.9 Å². The van der Waals surface area contributed by atoms with E-state index in [-0.39, 0.29) is 11.6 Å². The Morgan fingerprint density at radius 3 is 1.93 bits per heavy atom. The second-order valence-electron chi connectivity index (χ2n) is 2.95. The van der Waals surface area contributed by atoms with E-state index in [0.29, 0.717) is 11.1 Å². The molecular formula is C12H16O2. The molecule has 14 heavy (non-hydrogen) atoms. The maximum absolute atomic E-state index is 11.2. The number of hydrogen-bond acceptors (Lipinski definition) is 2. The van der Waals surface area contributed by atoms with Gasteiger partial charge in [-0.1, -0.05) is 31.7 Å². The Morgan fingerprint density at radius 1 is 1.14 bits per heavy atom. The number of ketones is 2. The minimum absolute atomic E-state index is 0.111. The van der Waals surface area contributed by atoms with Crippen molar-refractivity contribution in [3.05, 3.63) is 36.0 Å². The van der Waals surface area contributed by atoms with Gasteiger partial charge in [0.1, 0.15) is 0 Å². The van der Waals surface area contributed by atoms with Crippen LogP contribution in [-0.2, 0) is 9.59 Å². The SMILES string of the molecule is C=C/C(C(C)=O)=C(\C=C/CC)C(C)=O.